The van der Waals surface area contributed by atoms with Gasteiger partial charge in [-0.05, 0) is 49.9 Å². The maximum absolute atomic E-state index is 4.69. The van der Waals surface area contributed by atoms with E-state index >= 15 is 0 Å². The molecule has 2 fully saturated rings. The van der Waals surface area contributed by atoms with Crippen LogP contribution in [0.1, 0.15) is 24.0 Å². The molecule has 126 valence electrons. The van der Waals surface area contributed by atoms with Gasteiger partial charge in [0.05, 0.1) is 0 Å². The van der Waals surface area contributed by atoms with Crippen molar-refractivity contribution in [3.8, 4) is 0 Å². The lowest BCUT2D eigenvalue weighted by Crippen LogP contribution is -2.47. The summed E-state index contributed by atoms with van der Waals surface area (Å²) in [5.41, 5.74) is 4.11. The second-order valence-corrected chi connectivity index (χ2v) is 6.85. The van der Waals surface area contributed by atoms with Crippen molar-refractivity contribution >= 4 is 17.5 Å². The first-order valence-electron chi connectivity index (χ1n) is 8.86. The van der Waals surface area contributed by atoms with E-state index < -0.39 is 0 Å². The number of nitrogens with zero attached hydrogens (tertiary/aromatic N) is 4. The van der Waals surface area contributed by atoms with Crippen LogP contribution in [0.2, 0.25) is 0 Å². The summed E-state index contributed by atoms with van der Waals surface area (Å²) in [6, 6.07) is 9.15. The third kappa shape index (κ3) is 3.16. The molecule has 5 nitrogen and oxygen atoms in total. The number of rotatable bonds is 4. The highest BCUT2D eigenvalue weighted by atomic mass is 15.3. The van der Waals surface area contributed by atoms with Crippen LogP contribution >= 0.6 is 0 Å². The van der Waals surface area contributed by atoms with Crippen LogP contribution in [0.3, 0.4) is 0 Å². The molecule has 0 atom stereocenters. The fourth-order valence-corrected chi connectivity index (χ4v) is 3.24. The molecule has 2 aliphatic rings. The highest BCUT2D eigenvalue weighted by Crippen LogP contribution is 2.26. The van der Waals surface area contributed by atoms with Crippen LogP contribution in [0.5, 0.6) is 0 Å². The van der Waals surface area contributed by atoms with Crippen LogP contribution in [0.15, 0.2) is 30.5 Å². The molecule has 1 saturated heterocycles. The van der Waals surface area contributed by atoms with Gasteiger partial charge in [-0.2, -0.15) is 4.98 Å². The average molecular weight is 323 g/mol. The van der Waals surface area contributed by atoms with Crippen LogP contribution in [-0.4, -0.2) is 42.2 Å². The molecular weight excluding hydrogens is 298 g/mol. The van der Waals surface area contributed by atoms with Gasteiger partial charge in [0.15, 0.2) is 0 Å². The van der Waals surface area contributed by atoms with Crippen molar-refractivity contribution in [2.24, 2.45) is 0 Å². The molecule has 1 aromatic heterocycles. The van der Waals surface area contributed by atoms with Gasteiger partial charge in [-0.25, -0.2) is 4.98 Å². The number of anilines is 3. The molecule has 1 aromatic carbocycles. The van der Waals surface area contributed by atoms with E-state index in [4.69, 9.17) is 4.98 Å². The molecule has 1 aliphatic carbocycles. The normalized spacial score (nSPS) is 17.9. The Morgan fingerprint density at radius 1 is 1.00 bits per heavy atom. The Balaban J connectivity index is 1.43. The van der Waals surface area contributed by atoms with E-state index in [1.54, 1.807) is 0 Å². The second-order valence-electron chi connectivity index (χ2n) is 6.85. The van der Waals surface area contributed by atoms with Crippen molar-refractivity contribution < 1.29 is 0 Å². The molecule has 2 aromatic rings. The van der Waals surface area contributed by atoms with Gasteiger partial charge in [0, 0.05) is 44.1 Å². The summed E-state index contributed by atoms with van der Waals surface area (Å²) < 4.78 is 0. The number of aryl methyl sites for hydroxylation is 1. The van der Waals surface area contributed by atoms with Crippen molar-refractivity contribution in [2.75, 3.05) is 41.3 Å². The molecule has 0 radical (unpaired) electrons. The van der Waals surface area contributed by atoms with Crippen LogP contribution in [0.4, 0.5) is 17.5 Å². The average Bonchev–Trinajstić information content (AvgIpc) is 3.42. The largest absolute Gasteiger partial charge is 0.368 e. The summed E-state index contributed by atoms with van der Waals surface area (Å²) in [5.74, 6) is 1.81. The van der Waals surface area contributed by atoms with Gasteiger partial charge >= 0.3 is 0 Å². The maximum Gasteiger partial charge on any atom is 0.227 e. The molecule has 0 amide bonds. The van der Waals surface area contributed by atoms with E-state index in [2.05, 4.69) is 52.1 Å². The van der Waals surface area contributed by atoms with Crippen molar-refractivity contribution in [1.82, 2.24) is 9.97 Å². The van der Waals surface area contributed by atoms with Crippen molar-refractivity contribution in [3.63, 3.8) is 0 Å². The fourth-order valence-electron chi connectivity index (χ4n) is 3.24. The van der Waals surface area contributed by atoms with Gasteiger partial charge in [-0.1, -0.05) is 12.1 Å². The van der Waals surface area contributed by atoms with Gasteiger partial charge in [-0.15, -0.1) is 0 Å². The molecule has 2 heterocycles. The molecule has 5 heteroatoms. The van der Waals surface area contributed by atoms with Crippen LogP contribution < -0.4 is 15.1 Å². The first-order valence-corrected chi connectivity index (χ1v) is 8.86. The van der Waals surface area contributed by atoms with E-state index in [0.29, 0.717) is 6.04 Å². The maximum atomic E-state index is 4.69. The van der Waals surface area contributed by atoms with Crippen molar-refractivity contribution in [2.45, 2.75) is 32.7 Å². The molecule has 1 aliphatic heterocycles. The SMILES string of the molecule is Cc1cccc(N2CCN(c3nccc(NC4CC4)n3)CC2)c1C. The summed E-state index contributed by atoms with van der Waals surface area (Å²) in [5, 5.41) is 3.46. The zero-order valence-corrected chi connectivity index (χ0v) is 14.5. The Morgan fingerprint density at radius 2 is 1.75 bits per heavy atom. The predicted molar refractivity (Wildman–Crippen MR) is 99.0 cm³/mol. The zero-order chi connectivity index (χ0) is 16.5. The highest BCUT2D eigenvalue weighted by Gasteiger charge is 2.23. The first kappa shape index (κ1) is 15.2. The summed E-state index contributed by atoms with van der Waals surface area (Å²) >= 11 is 0. The van der Waals surface area contributed by atoms with Crippen molar-refractivity contribution in [1.29, 1.82) is 0 Å². The lowest BCUT2D eigenvalue weighted by molar-refractivity contribution is 0.639. The lowest BCUT2D eigenvalue weighted by atomic mass is 10.1. The van der Waals surface area contributed by atoms with Gasteiger partial charge in [-0.3, -0.25) is 0 Å². The smallest absolute Gasteiger partial charge is 0.227 e. The molecule has 4 rings (SSSR count). The highest BCUT2D eigenvalue weighted by molar-refractivity contribution is 5.57. The van der Waals surface area contributed by atoms with E-state index in [-0.39, 0.29) is 0 Å². The van der Waals surface area contributed by atoms with Crippen LogP contribution in [0, 0.1) is 13.8 Å². The monoisotopic (exact) mass is 323 g/mol. The first-order chi connectivity index (χ1) is 11.7. The molecule has 0 spiro atoms. The van der Waals surface area contributed by atoms with Crippen LogP contribution in [0.25, 0.3) is 0 Å². The third-order valence-corrected chi connectivity index (χ3v) is 5.05. The lowest BCUT2D eigenvalue weighted by Gasteiger charge is -2.37. The summed E-state index contributed by atoms with van der Waals surface area (Å²) in [6.07, 6.45) is 4.38. The molecule has 0 unspecified atom stereocenters. The number of aromatic nitrogens is 2. The van der Waals surface area contributed by atoms with E-state index in [1.165, 1.54) is 29.7 Å². The molecule has 1 N–H and O–H groups in total. The quantitative estimate of drug-likeness (QED) is 0.937. The predicted octanol–water partition coefficient (Wildman–Crippen LogP) is 2.99. The van der Waals surface area contributed by atoms with E-state index in [0.717, 1.165) is 37.9 Å². The van der Waals surface area contributed by atoms with E-state index in [9.17, 15) is 0 Å². The minimum Gasteiger partial charge on any atom is -0.368 e. The number of nitrogens with one attached hydrogen (secondary N) is 1. The Morgan fingerprint density at radius 3 is 2.50 bits per heavy atom. The summed E-state index contributed by atoms with van der Waals surface area (Å²) in [7, 11) is 0. The zero-order valence-electron chi connectivity index (χ0n) is 14.5. The van der Waals surface area contributed by atoms with Gasteiger partial charge in [0.1, 0.15) is 5.82 Å². The second kappa shape index (κ2) is 6.30. The minimum absolute atomic E-state index is 0.619. The number of piperazine rings is 1. The molecule has 0 bridgehead atoms. The topological polar surface area (TPSA) is 44.3 Å². The Kier molecular flexibility index (Phi) is 4.00. The number of hydrogen-bond acceptors (Lipinski definition) is 5. The Labute approximate surface area is 143 Å². The van der Waals surface area contributed by atoms with E-state index in [1.807, 2.05) is 12.3 Å². The third-order valence-electron chi connectivity index (χ3n) is 5.05. The molecular formula is C19H25N5. The fraction of sp³-hybridized carbons (Fsp3) is 0.474. The van der Waals surface area contributed by atoms with Crippen molar-refractivity contribution in [3.05, 3.63) is 41.6 Å². The molecule has 24 heavy (non-hydrogen) atoms. The van der Waals surface area contributed by atoms with Gasteiger partial charge < -0.3 is 15.1 Å². The van der Waals surface area contributed by atoms with Crippen LogP contribution in [-0.2, 0) is 0 Å². The van der Waals surface area contributed by atoms with Gasteiger partial charge in [0.2, 0.25) is 5.95 Å². The minimum atomic E-state index is 0.619. The Bertz CT molecular complexity index is 717. The van der Waals surface area contributed by atoms with Gasteiger partial charge in [0.25, 0.3) is 0 Å². The molecule has 1 saturated carbocycles. The Hall–Kier alpha value is -2.30. The standard InChI is InChI=1S/C19H25N5/c1-14-4-3-5-17(15(14)2)23-10-12-24(13-11-23)19-20-9-8-18(22-19)21-16-6-7-16/h3-5,8-9,16H,6-7,10-13H2,1-2H3,(H,20,21,22). The number of benzene rings is 1. The summed E-state index contributed by atoms with van der Waals surface area (Å²) in [4.78, 5) is 13.9. The number of hydrogen-bond donors (Lipinski definition) is 1. The summed E-state index contributed by atoms with van der Waals surface area (Å²) in [6.45, 7) is 8.33.